The van der Waals surface area contributed by atoms with Crippen LogP contribution < -0.4 is 11.1 Å². The number of amides is 1. The molecular weight excluding hydrogens is 164 g/mol. The van der Waals surface area contributed by atoms with Crippen molar-refractivity contribution in [2.75, 3.05) is 6.54 Å². The highest BCUT2D eigenvalue weighted by Crippen LogP contribution is 2.22. The summed E-state index contributed by atoms with van der Waals surface area (Å²) in [6.45, 7) is 2.79. The van der Waals surface area contributed by atoms with Crippen LogP contribution in [0.1, 0.15) is 39.0 Å². The van der Waals surface area contributed by atoms with Crippen molar-refractivity contribution in [2.45, 2.75) is 45.1 Å². The number of rotatable bonds is 4. The Kier molecular flexibility index (Phi) is 4.22. The zero-order valence-electron chi connectivity index (χ0n) is 8.38. The fourth-order valence-electron chi connectivity index (χ4n) is 1.88. The van der Waals surface area contributed by atoms with Crippen LogP contribution in [0.2, 0.25) is 0 Å². The SMILES string of the molecule is CCCC(=O)NCC1CCCC1N. The predicted octanol–water partition coefficient (Wildman–Crippen LogP) is 1.03. The van der Waals surface area contributed by atoms with Crippen LogP contribution in [0.25, 0.3) is 0 Å². The standard InChI is InChI=1S/C10H20N2O/c1-2-4-10(13)12-7-8-5-3-6-9(8)11/h8-9H,2-7,11H2,1H3,(H,12,13). The number of nitrogens with one attached hydrogen (secondary N) is 1. The lowest BCUT2D eigenvalue weighted by molar-refractivity contribution is -0.121. The van der Waals surface area contributed by atoms with Crippen LogP contribution in [-0.2, 0) is 4.79 Å². The Morgan fingerprint density at radius 1 is 1.54 bits per heavy atom. The molecule has 1 rings (SSSR count). The molecule has 0 radical (unpaired) electrons. The van der Waals surface area contributed by atoms with Gasteiger partial charge in [0.25, 0.3) is 0 Å². The molecule has 0 saturated heterocycles. The summed E-state index contributed by atoms with van der Waals surface area (Å²) in [5, 5.41) is 2.94. The van der Waals surface area contributed by atoms with Crippen molar-refractivity contribution in [1.29, 1.82) is 0 Å². The second-order valence-electron chi connectivity index (χ2n) is 3.91. The Hall–Kier alpha value is -0.570. The van der Waals surface area contributed by atoms with Crippen molar-refractivity contribution in [3.05, 3.63) is 0 Å². The molecule has 1 fully saturated rings. The van der Waals surface area contributed by atoms with Crippen LogP contribution in [0, 0.1) is 5.92 Å². The molecule has 0 aromatic heterocycles. The first-order chi connectivity index (χ1) is 6.24. The smallest absolute Gasteiger partial charge is 0.219 e. The van der Waals surface area contributed by atoms with Crippen LogP contribution in [0.5, 0.6) is 0 Å². The van der Waals surface area contributed by atoms with E-state index in [1.165, 1.54) is 12.8 Å². The van der Waals surface area contributed by atoms with Gasteiger partial charge in [0.1, 0.15) is 0 Å². The van der Waals surface area contributed by atoms with Crippen molar-refractivity contribution in [3.8, 4) is 0 Å². The van der Waals surface area contributed by atoms with E-state index in [1.54, 1.807) is 0 Å². The summed E-state index contributed by atoms with van der Waals surface area (Å²) < 4.78 is 0. The van der Waals surface area contributed by atoms with Gasteiger partial charge in [-0.2, -0.15) is 0 Å². The molecule has 1 saturated carbocycles. The summed E-state index contributed by atoms with van der Waals surface area (Å²) in [6.07, 6.45) is 5.07. The zero-order chi connectivity index (χ0) is 9.68. The van der Waals surface area contributed by atoms with Gasteiger partial charge in [0.2, 0.25) is 5.91 Å². The highest BCUT2D eigenvalue weighted by molar-refractivity contribution is 5.75. The molecule has 0 bridgehead atoms. The number of carbonyl (C=O) groups is 1. The lowest BCUT2D eigenvalue weighted by Crippen LogP contribution is -2.35. The Morgan fingerprint density at radius 2 is 2.31 bits per heavy atom. The van der Waals surface area contributed by atoms with Gasteiger partial charge in [-0.25, -0.2) is 0 Å². The van der Waals surface area contributed by atoms with Crippen molar-refractivity contribution in [1.82, 2.24) is 5.32 Å². The van der Waals surface area contributed by atoms with E-state index in [-0.39, 0.29) is 5.91 Å². The molecule has 13 heavy (non-hydrogen) atoms. The summed E-state index contributed by atoms with van der Waals surface area (Å²) in [7, 11) is 0. The van der Waals surface area contributed by atoms with Gasteiger partial charge in [0.15, 0.2) is 0 Å². The van der Waals surface area contributed by atoms with E-state index in [0.717, 1.165) is 19.4 Å². The van der Waals surface area contributed by atoms with Gasteiger partial charge in [-0.05, 0) is 25.2 Å². The normalized spacial score (nSPS) is 27.5. The molecule has 0 aromatic rings. The summed E-state index contributed by atoms with van der Waals surface area (Å²) in [6, 6.07) is 0.307. The van der Waals surface area contributed by atoms with E-state index >= 15 is 0 Å². The summed E-state index contributed by atoms with van der Waals surface area (Å²) in [5.74, 6) is 0.683. The van der Waals surface area contributed by atoms with Gasteiger partial charge in [0, 0.05) is 19.0 Å². The molecule has 3 heteroatoms. The van der Waals surface area contributed by atoms with Crippen molar-refractivity contribution in [3.63, 3.8) is 0 Å². The van der Waals surface area contributed by atoms with Crippen LogP contribution >= 0.6 is 0 Å². The molecule has 1 aliphatic rings. The molecule has 0 spiro atoms. The molecule has 76 valence electrons. The first-order valence-electron chi connectivity index (χ1n) is 5.26. The minimum Gasteiger partial charge on any atom is -0.356 e. The van der Waals surface area contributed by atoms with Crippen LogP contribution in [0.4, 0.5) is 0 Å². The third kappa shape index (κ3) is 3.35. The molecule has 2 unspecified atom stereocenters. The molecule has 0 aromatic carbocycles. The van der Waals surface area contributed by atoms with E-state index < -0.39 is 0 Å². The van der Waals surface area contributed by atoms with Crippen LogP contribution in [0.15, 0.2) is 0 Å². The van der Waals surface area contributed by atoms with Gasteiger partial charge in [-0.1, -0.05) is 13.3 Å². The van der Waals surface area contributed by atoms with E-state index in [2.05, 4.69) is 5.32 Å². The molecule has 1 aliphatic carbocycles. The van der Waals surface area contributed by atoms with Crippen molar-refractivity contribution >= 4 is 5.91 Å². The number of hydrogen-bond acceptors (Lipinski definition) is 2. The number of nitrogens with two attached hydrogens (primary N) is 1. The fraction of sp³-hybridized carbons (Fsp3) is 0.900. The predicted molar refractivity (Wildman–Crippen MR) is 53.2 cm³/mol. The van der Waals surface area contributed by atoms with Crippen LogP contribution in [-0.4, -0.2) is 18.5 Å². The summed E-state index contributed by atoms with van der Waals surface area (Å²) in [4.78, 5) is 11.2. The number of hydrogen-bond donors (Lipinski definition) is 2. The van der Waals surface area contributed by atoms with E-state index in [0.29, 0.717) is 18.4 Å². The molecule has 1 amide bonds. The van der Waals surface area contributed by atoms with E-state index in [1.807, 2.05) is 6.92 Å². The third-order valence-corrected chi connectivity index (χ3v) is 2.76. The molecule has 2 atom stereocenters. The minimum atomic E-state index is 0.168. The molecular formula is C10H20N2O. The average molecular weight is 184 g/mol. The second-order valence-corrected chi connectivity index (χ2v) is 3.91. The lowest BCUT2D eigenvalue weighted by atomic mass is 10.0. The summed E-state index contributed by atoms with van der Waals surface area (Å²) >= 11 is 0. The topological polar surface area (TPSA) is 55.1 Å². The largest absolute Gasteiger partial charge is 0.356 e. The van der Waals surface area contributed by atoms with Gasteiger partial charge >= 0.3 is 0 Å². The molecule has 3 nitrogen and oxygen atoms in total. The Balaban J connectivity index is 2.14. The minimum absolute atomic E-state index is 0.168. The van der Waals surface area contributed by atoms with E-state index in [9.17, 15) is 4.79 Å². The van der Waals surface area contributed by atoms with Gasteiger partial charge in [-0.3, -0.25) is 4.79 Å². The fourth-order valence-corrected chi connectivity index (χ4v) is 1.88. The Morgan fingerprint density at radius 3 is 2.85 bits per heavy atom. The quantitative estimate of drug-likeness (QED) is 0.685. The van der Waals surface area contributed by atoms with E-state index in [4.69, 9.17) is 5.73 Å². The first-order valence-corrected chi connectivity index (χ1v) is 5.26. The lowest BCUT2D eigenvalue weighted by Gasteiger charge is -2.15. The maximum absolute atomic E-state index is 11.2. The average Bonchev–Trinajstić information content (AvgIpc) is 2.48. The number of carbonyl (C=O) groups excluding carboxylic acids is 1. The van der Waals surface area contributed by atoms with Gasteiger partial charge < -0.3 is 11.1 Å². The highest BCUT2D eigenvalue weighted by Gasteiger charge is 2.23. The first kappa shape index (κ1) is 10.5. The van der Waals surface area contributed by atoms with Crippen LogP contribution in [0.3, 0.4) is 0 Å². The molecule has 0 heterocycles. The summed E-state index contributed by atoms with van der Waals surface area (Å²) in [5.41, 5.74) is 5.89. The third-order valence-electron chi connectivity index (χ3n) is 2.76. The maximum Gasteiger partial charge on any atom is 0.219 e. The molecule has 0 aliphatic heterocycles. The zero-order valence-corrected chi connectivity index (χ0v) is 8.38. The van der Waals surface area contributed by atoms with Gasteiger partial charge in [-0.15, -0.1) is 0 Å². The Labute approximate surface area is 80.1 Å². The maximum atomic E-state index is 11.2. The Bertz CT molecular complexity index is 170. The monoisotopic (exact) mass is 184 g/mol. The van der Waals surface area contributed by atoms with Gasteiger partial charge in [0.05, 0.1) is 0 Å². The van der Waals surface area contributed by atoms with Crippen molar-refractivity contribution < 1.29 is 4.79 Å². The second kappa shape index (κ2) is 5.22. The molecule has 3 N–H and O–H groups in total. The van der Waals surface area contributed by atoms with Crippen molar-refractivity contribution in [2.24, 2.45) is 11.7 Å². The highest BCUT2D eigenvalue weighted by atomic mass is 16.1.